The number of fused-ring (bicyclic) bond motifs is 2. The number of alkyl halides is 4. The molecule has 0 radical (unpaired) electrons. The Balaban J connectivity index is 1.50. The van der Waals surface area contributed by atoms with Crippen molar-refractivity contribution in [3.63, 3.8) is 0 Å². The lowest BCUT2D eigenvalue weighted by molar-refractivity contribution is -0.190. The first-order valence-corrected chi connectivity index (χ1v) is 10.9. The van der Waals surface area contributed by atoms with Gasteiger partial charge in [-0.05, 0) is 37.7 Å². The summed E-state index contributed by atoms with van der Waals surface area (Å²) in [6.07, 6.45) is 0.229. The van der Waals surface area contributed by atoms with E-state index in [4.69, 9.17) is 0 Å². The summed E-state index contributed by atoms with van der Waals surface area (Å²) >= 11 is 5.54. The van der Waals surface area contributed by atoms with Gasteiger partial charge in [0.2, 0.25) is 5.91 Å². The van der Waals surface area contributed by atoms with Crippen molar-refractivity contribution < 1.29 is 18.0 Å². The van der Waals surface area contributed by atoms with Gasteiger partial charge in [-0.2, -0.15) is 24.9 Å². The maximum absolute atomic E-state index is 13.1. The molecular weight excluding hydrogens is 417 g/mol. The van der Waals surface area contributed by atoms with E-state index in [2.05, 4.69) is 27.3 Å². The molecule has 0 bridgehead atoms. The highest BCUT2D eigenvalue weighted by molar-refractivity contribution is 9.09. The summed E-state index contributed by atoms with van der Waals surface area (Å²) < 4.78 is 39.3. The Morgan fingerprint density at radius 3 is 2.76 bits per heavy atom. The average Bonchev–Trinajstić information content (AvgIpc) is 3.13. The molecule has 4 fully saturated rings. The van der Waals surface area contributed by atoms with E-state index >= 15 is 0 Å². The normalized spacial score (nSPS) is 43.4. The zero-order chi connectivity index (χ0) is 17.8. The van der Waals surface area contributed by atoms with Gasteiger partial charge in [-0.25, -0.2) is 0 Å². The van der Waals surface area contributed by atoms with Crippen LogP contribution >= 0.6 is 27.7 Å². The zero-order valence-electron chi connectivity index (χ0n) is 13.8. The molecule has 4 aliphatic rings. The number of hydrogen-bond acceptors (Lipinski definition) is 3. The lowest BCUT2D eigenvalue weighted by Gasteiger charge is -2.45. The molecule has 1 saturated carbocycles. The Bertz CT molecular complexity index is 585. The number of thioether (sulfide) groups is 1. The molecule has 3 heterocycles. The second-order valence-electron chi connectivity index (χ2n) is 7.56. The summed E-state index contributed by atoms with van der Waals surface area (Å²) in [5.74, 6) is -0.446. The van der Waals surface area contributed by atoms with E-state index in [1.807, 2.05) is 16.7 Å². The summed E-state index contributed by atoms with van der Waals surface area (Å²) in [5.41, 5.74) is 1.18. The molecule has 3 saturated heterocycles. The minimum Gasteiger partial charge on any atom is -0.323 e. The molecule has 0 aromatic rings. The Morgan fingerprint density at radius 2 is 2.08 bits per heavy atom. The third-order valence-electron chi connectivity index (χ3n) is 5.97. The van der Waals surface area contributed by atoms with E-state index in [0.717, 1.165) is 18.6 Å². The number of carbonyl (C=O) groups excluding carboxylic acids is 1. The third kappa shape index (κ3) is 3.50. The first-order valence-electron chi connectivity index (χ1n) is 8.92. The van der Waals surface area contributed by atoms with Gasteiger partial charge < -0.3 is 4.90 Å². The molecule has 4 rings (SSSR count). The van der Waals surface area contributed by atoms with E-state index < -0.39 is 12.1 Å². The molecule has 1 N–H and O–H groups in total. The summed E-state index contributed by atoms with van der Waals surface area (Å²) in [4.78, 5) is 15.2. The monoisotopic (exact) mass is 438 g/mol. The number of amides is 1. The maximum Gasteiger partial charge on any atom is 0.391 e. The number of halogens is 4. The number of nitrogens with zero attached hydrogens (tertiary/aromatic N) is 1. The Labute approximate surface area is 158 Å². The lowest BCUT2D eigenvalue weighted by Crippen LogP contribution is -2.63. The highest BCUT2D eigenvalue weighted by Gasteiger charge is 2.51. The van der Waals surface area contributed by atoms with Crippen LogP contribution < -0.4 is 5.32 Å². The predicted molar refractivity (Wildman–Crippen MR) is 95.6 cm³/mol. The standard InChI is InChI=1S/C17H22BrF3N2OS/c18-11-7-12(25-8-11)5-9-3-4-23-15(9)22-14-6-10(17(19,20)21)1-2-13(14)16(23)24/h5,10-15,22H,1-4,6-8H2/b9-5+. The molecular formula is C17H22BrF3N2OS. The van der Waals surface area contributed by atoms with E-state index in [-0.39, 0.29) is 36.9 Å². The van der Waals surface area contributed by atoms with Crippen molar-refractivity contribution in [2.24, 2.45) is 11.8 Å². The summed E-state index contributed by atoms with van der Waals surface area (Å²) in [6, 6.07) is -0.351. The van der Waals surface area contributed by atoms with Gasteiger partial charge >= 0.3 is 6.18 Å². The Kier molecular flexibility index (Phi) is 4.90. The van der Waals surface area contributed by atoms with Crippen LogP contribution in [0.3, 0.4) is 0 Å². The molecule has 140 valence electrons. The van der Waals surface area contributed by atoms with Crippen LogP contribution in [0.2, 0.25) is 0 Å². The van der Waals surface area contributed by atoms with Crippen LogP contribution in [0.5, 0.6) is 0 Å². The first-order chi connectivity index (χ1) is 11.8. The summed E-state index contributed by atoms with van der Waals surface area (Å²) in [5, 5.41) is 3.83. The summed E-state index contributed by atoms with van der Waals surface area (Å²) in [6.45, 7) is 0.684. The zero-order valence-corrected chi connectivity index (χ0v) is 16.2. The van der Waals surface area contributed by atoms with Crippen LogP contribution in [0.15, 0.2) is 11.6 Å². The molecule has 8 heteroatoms. The molecule has 25 heavy (non-hydrogen) atoms. The van der Waals surface area contributed by atoms with Gasteiger partial charge in [-0.1, -0.05) is 22.0 Å². The van der Waals surface area contributed by atoms with Crippen molar-refractivity contribution in [3.8, 4) is 0 Å². The molecule has 0 aromatic carbocycles. The third-order valence-corrected chi connectivity index (χ3v) is 8.45. The van der Waals surface area contributed by atoms with E-state index in [1.165, 1.54) is 5.57 Å². The van der Waals surface area contributed by atoms with Gasteiger partial charge in [0.1, 0.15) is 6.17 Å². The quantitative estimate of drug-likeness (QED) is 0.500. The van der Waals surface area contributed by atoms with Gasteiger partial charge in [0.25, 0.3) is 0 Å². The van der Waals surface area contributed by atoms with Crippen LogP contribution in [0.4, 0.5) is 13.2 Å². The van der Waals surface area contributed by atoms with Crippen LogP contribution in [0.1, 0.15) is 32.1 Å². The molecule has 1 aliphatic carbocycles. The largest absolute Gasteiger partial charge is 0.391 e. The summed E-state index contributed by atoms with van der Waals surface area (Å²) in [7, 11) is 0. The van der Waals surface area contributed by atoms with Gasteiger partial charge in [0.15, 0.2) is 0 Å². The van der Waals surface area contributed by atoms with Crippen LogP contribution in [-0.2, 0) is 4.79 Å². The van der Waals surface area contributed by atoms with Crippen molar-refractivity contribution in [1.82, 2.24) is 10.2 Å². The van der Waals surface area contributed by atoms with Crippen molar-refractivity contribution in [1.29, 1.82) is 0 Å². The fourth-order valence-corrected chi connectivity index (χ4v) is 7.00. The fourth-order valence-electron chi connectivity index (χ4n) is 4.66. The number of hydrogen-bond donors (Lipinski definition) is 1. The number of carbonyl (C=O) groups is 1. The van der Waals surface area contributed by atoms with Crippen LogP contribution in [-0.4, -0.2) is 51.6 Å². The molecule has 6 unspecified atom stereocenters. The van der Waals surface area contributed by atoms with Gasteiger partial charge in [0.05, 0.1) is 11.8 Å². The average molecular weight is 439 g/mol. The van der Waals surface area contributed by atoms with Gasteiger partial charge in [-0.15, -0.1) is 0 Å². The highest BCUT2D eigenvalue weighted by atomic mass is 79.9. The molecule has 6 atom stereocenters. The molecule has 1 amide bonds. The van der Waals surface area contributed by atoms with E-state index in [1.54, 1.807) is 0 Å². The number of nitrogens with one attached hydrogen (secondary N) is 1. The second-order valence-corrected chi connectivity index (χ2v) is 10.1. The Hall–Kier alpha value is -0.210. The van der Waals surface area contributed by atoms with Crippen LogP contribution in [0.25, 0.3) is 0 Å². The van der Waals surface area contributed by atoms with Crippen molar-refractivity contribution in [3.05, 3.63) is 11.6 Å². The Morgan fingerprint density at radius 1 is 1.28 bits per heavy atom. The maximum atomic E-state index is 13.1. The minimum absolute atomic E-state index is 0.0270. The lowest BCUT2D eigenvalue weighted by atomic mass is 9.76. The first kappa shape index (κ1) is 18.2. The minimum atomic E-state index is -4.16. The SMILES string of the molecule is O=C1C2CCC(C(F)(F)F)CC2NC2/C(=C/C3CC(Br)CS3)CCN12. The van der Waals surface area contributed by atoms with Crippen molar-refractivity contribution >= 4 is 33.6 Å². The second kappa shape index (κ2) is 6.75. The highest BCUT2D eigenvalue weighted by Crippen LogP contribution is 2.43. The van der Waals surface area contributed by atoms with E-state index in [0.29, 0.717) is 23.0 Å². The van der Waals surface area contributed by atoms with Crippen molar-refractivity contribution in [2.75, 3.05) is 12.3 Å². The fraction of sp³-hybridized carbons (Fsp3) is 0.824. The van der Waals surface area contributed by atoms with Crippen LogP contribution in [0, 0.1) is 11.8 Å². The number of rotatable bonds is 1. The predicted octanol–water partition coefficient (Wildman–Crippen LogP) is 3.69. The molecule has 0 spiro atoms. The smallest absolute Gasteiger partial charge is 0.323 e. The topological polar surface area (TPSA) is 32.3 Å². The van der Waals surface area contributed by atoms with E-state index in [9.17, 15) is 18.0 Å². The molecule has 3 nitrogen and oxygen atoms in total. The van der Waals surface area contributed by atoms with Gasteiger partial charge in [-0.3, -0.25) is 10.1 Å². The van der Waals surface area contributed by atoms with Gasteiger partial charge in [0, 0.05) is 28.4 Å². The van der Waals surface area contributed by atoms with Crippen molar-refractivity contribution in [2.45, 2.75) is 60.6 Å². The molecule has 3 aliphatic heterocycles. The molecule has 0 aromatic heterocycles.